The number of aromatic nitrogens is 2. The molecule has 234 valence electrons. The topological polar surface area (TPSA) is 120 Å². The molecule has 0 aliphatic carbocycles. The van der Waals surface area contributed by atoms with Crippen molar-refractivity contribution in [2.45, 2.75) is 143 Å². The molecule has 1 aromatic heterocycles. The summed E-state index contributed by atoms with van der Waals surface area (Å²) in [6.45, 7) is 5.38. The van der Waals surface area contributed by atoms with Gasteiger partial charge in [0.1, 0.15) is 6.35 Å². The predicted octanol–water partition coefficient (Wildman–Crippen LogP) is 6.39. The first-order valence-corrected chi connectivity index (χ1v) is 17.6. The lowest BCUT2D eigenvalue weighted by Crippen LogP contribution is -2.42. The van der Waals surface area contributed by atoms with Gasteiger partial charge in [0.05, 0.1) is 26.3 Å². The van der Waals surface area contributed by atoms with Crippen LogP contribution in [0.1, 0.15) is 129 Å². The molecule has 1 rings (SSSR count). The molecular weight excluding hydrogens is 531 g/mol. The molecule has 0 amide bonds. The maximum atomic E-state index is 12.8. The van der Waals surface area contributed by atoms with Crippen LogP contribution >= 0.6 is 7.60 Å². The third kappa shape index (κ3) is 18.2. The molecule has 0 bridgehead atoms. The van der Waals surface area contributed by atoms with E-state index in [0.717, 1.165) is 19.3 Å². The molecule has 0 fully saturated rings. The minimum absolute atomic E-state index is 0.0372. The van der Waals surface area contributed by atoms with E-state index in [1.807, 2.05) is 6.92 Å². The summed E-state index contributed by atoms with van der Waals surface area (Å²) < 4.78 is 24.2. The van der Waals surface area contributed by atoms with Gasteiger partial charge in [0.15, 0.2) is 0 Å². The highest BCUT2D eigenvalue weighted by molar-refractivity contribution is 7.51. The Balaban J connectivity index is 2.18. The SMILES string of the molecule is CCCCCCCCCCCCCCCCCCOCCn1c(=O)c(CCC)cn(CCOCP(=O)(O)O)c1=O. The molecule has 2 N–H and O–H groups in total. The number of rotatable bonds is 27. The Labute approximate surface area is 241 Å². The largest absolute Gasteiger partial charge is 0.380 e. The van der Waals surface area contributed by atoms with Crippen molar-refractivity contribution in [3.8, 4) is 0 Å². The quantitative estimate of drug-likeness (QED) is 0.0902. The van der Waals surface area contributed by atoms with Crippen LogP contribution in [0.2, 0.25) is 0 Å². The van der Waals surface area contributed by atoms with Gasteiger partial charge in [0.2, 0.25) is 0 Å². The Morgan fingerprint density at radius 3 is 1.68 bits per heavy atom. The number of ether oxygens (including phenoxy) is 2. The van der Waals surface area contributed by atoms with E-state index >= 15 is 0 Å². The van der Waals surface area contributed by atoms with Crippen molar-refractivity contribution >= 4 is 7.60 Å². The van der Waals surface area contributed by atoms with Gasteiger partial charge < -0.3 is 19.3 Å². The van der Waals surface area contributed by atoms with E-state index in [-0.39, 0.29) is 31.9 Å². The van der Waals surface area contributed by atoms with Crippen LogP contribution < -0.4 is 11.2 Å². The van der Waals surface area contributed by atoms with Crippen molar-refractivity contribution in [2.75, 3.05) is 26.2 Å². The van der Waals surface area contributed by atoms with Crippen LogP contribution in [-0.4, -0.2) is 45.1 Å². The molecule has 0 radical (unpaired) electrons. The van der Waals surface area contributed by atoms with Gasteiger partial charge in [-0.05, 0) is 12.8 Å². The van der Waals surface area contributed by atoms with Crippen LogP contribution in [-0.2, 0) is 33.5 Å². The van der Waals surface area contributed by atoms with E-state index in [0.29, 0.717) is 18.6 Å². The maximum Gasteiger partial charge on any atom is 0.350 e. The average Bonchev–Trinajstić information content (AvgIpc) is 2.91. The van der Waals surface area contributed by atoms with Crippen LogP contribution in [0.3, 0.4) is 0 Å². The molecule has 1 heterocycles. The first kappa shape index (κ1) is 36.8. The molecule has 0 aromatic carbocycles. The molecule has 0 atom stereocenters. The lowest BCUT2D eigenvalue weighted by Gasteiger charge is -2.13. The van der Waals surface area contributed by atoms with Crippen molar-refractivity contribution in [3.05, 3.63) is 32.6 Å². The Morgan fingerprint density at radius 2 is 1.18 bits per heavy atom. The van der Waals surface area contributed by atoms with Gasteiger partial charge >= 0.3 is 13.3 Å². The molecule has 0 saturated heterocycles. The Morgan fingerprint density at radius 1 is 0.675 bits per heavy atom. The third-order valence-corrected chi connectivity index (χ3v) is 7.68. The summed E-state index contributed by atoms with van der Waals surface area (Å²) in [7, 11) is -4.26. The molecule has 0 saturated carbocycles. The second kappa shape index (κ2) is 23.3. The highest BCUT2D eigenvalue weighted by atomic mass is 31.2. The zero-order valence-corrected chi connectivity index (χ0v) is 26.2. The van der Waals surface area contributed by atoms with Crippen LogP contribution in [0, 0.1) is 0 Å². The lowest BCUT2D eigenvalue weighted by molar-refractivity contribution is 0.119. The molecule has 0 unspecified atom stereocenters. The van der Waals surface area contributed by atoms with Gasteiger partial charge in [0, 0.05) is 18.4 Å². The predicted molar refractivity (Wildman–Crippen MR) is 162 cm³/mol. The zero-order chi connectivity index (χ0) is 29.5. The average molecular weight is 589 g/mol. The molecule has 0 aliphatic heterocycles. The first-order valence-electron chi connectivity index (χ1n) is 15.8. The van der Waals surface area contributed by atoms with Crippen LogP contribution in [0.4, 0.5) is 0 Å². The standard InChI is InChI=1S/C30H57N2O7P/c1-3-5-6-7-8-9-10-11-12-13-14-15-16-17-18-19-23-38-25-22-32-29(33)28(20-4-2)26-31(30(32)34)21-24-39-27-40(35,36)37/h26H,3-25,27H2,1-2H3,(H2,35,36,37). The Hall–Kier alpha value is -1.25. The number of hydrogen-bond acceptors (Lipinski definition) is 5. The van der Waals surface area contributed by atoms with E-state index in [4.69, 9.17) is 19.3 Å². The zero-order valence-electron chi connectivity index (χ0n) is 25.3. The van der Waals surface area contributed by atoms with Gasteiger partial charge in [-0.1, -0.05) is 117 Å². The van der Waals surface area contributed by atoms with E-state index in [9.17, 15) is 14.2 Å². The fraction of sp³-hybridized carbons (Fsp3) is 0.867. The molecule has 1 aromatic rings. The van der Waals surface area contributed by atoms with Gasteiger partial charge in [0.25, 0.3) is 5.56 Å². The minimum Gasteiger partial charge on any atom is -0.380 e. The highest BCUT2D eigenvalue weighted by Gasteiger charge is 2.14. The summed E-state index contributed by atoms with van der Waals surface area (Å²) in [5.41, 5.74) is -0.226. The molecular formula is C30H57N2O7P. The van der Waals surface area contributed by atoms with Crippen molar-refractivity contribution in [3.63, 3.8) is 0 Å². The number of nitrogens with zero attached hydrogens (tertiary/aromatic N) is 2. The Bertz CT molecular complexity index is 926. The van der Waals surface area contributed by atoms with Crippen LogP contribution in [0.25, 0.3) is 0 Å². The van der Waals surface area contributed by atoms with E-state index in [2.05, 4.69) is 6.92 Å². The number of hydrogen-bond donors (Lipinski definition) is 2. The summed E-state index contributed by atoms with van der Waals surface area (Å²) >= 11 is 0. The molecule has 0 aliphatic rings. The molecule has 0 spiro atoms. The summed E-state index contributed by atoms with van der Waals surface area (Å²) in [6.07, 6.45) is 23.3. The van der Waals surface area contributed by atoms with Crippen molar-refractivity contribution in [2.24, 2.45) is 0 Å². The fourth-order valence-electron chi connectivity index (χ4n) is 4.87. The van der Waals surface area contributed by atoms with E-state index in [1.165, 1.54) is 105 Å². The van der Waals surface area contributed by atoms with Gasteiger partial charge in [-0.15, -0.1) is 0 Å². The van der Waals surface area contributed by atoms with E-state index < -0.39 is 19.6 Å². The van der Waals surface area contributed by atoms with Crippen LogP contribution in [0.5, 0.6) is 0 Å². The van der Waals surface area contributed by atoms with Gasteiger partial charge in [-0.25, -0.2) is 4.79 Å². The summed E-state index contributed by atoms with van der Waals surface area (Å²) in [5, 5.41) is 0. The highest BCUT2D eigenvalue weighted by Crippen LogP contribution is 2.33. The van der Waals surface area contributed by atoms with Gasteiger partial charge in [-0.3, -0.25) is 18.5 Å². The number of aryl methyl sites for hydroxylation is 1. The smallest absolute Gasteiger partial charge is 0.350 e. The summed E-state index contributed by atoms with van der Waals surface area (Å²) in [4.78, 5) is 43.4. The summed E-state index contributed by atoms with van der Waals surface area (Å²) in [5.74, 6) is 0. The van der Waals surface area contributed by atoms with Crippen LogP contribution in [0.15, 0.2) is 15.8 Å². The first-order chi connectivity index (χ1) is 19.3. The maximum absolute atomic E-state index is 12.8. The van der Waals surface area contributed by atoms with Gasteiger partial charge in [-0.2, -0.15) is 0 Å². The molecule has 9 nitrogen and oxygen atoms in total. The van der Waals surface area contributed by atoms with Crippen molar-refractivity contribution in [1.29, 1.82) is 0 Å². The number of unbranched alkanes of at least 4 members (excludes halogenated alkanes) is 15. The van der Waals surface area contributed by atoms with E-state index in [1.54, 1.807) is 0 Å². The summed E-state index contributed by atoms with van der Waals surface area (Å²) in [6, 6.07) is 0. The fourth-order valence-corrected chi connectivity index (χ4v) is 5.24. The molecule has 10 heteroatoms. The van der Waals surface area contributed by atoms with Crippen molar-refractivity contribution in [1.82, 2.24) is 9.13 Å². The second-order valence-electron chi connectivity index (χ2n) is 11.0. The second-order valence-corrected chi connectivity index (χ2v) is 12.5. The normalized spacial score (nSPS) is 11.9. The lowest BCUT2D eigenvalue weighted by atomic mass is 10.0. The minimum atomic E-state index is -4.26. The Kier molecular flexibility index (Phi) is 21.4. The third-order valence-electron chi connectivity index (χ3n) is 7.16. The monoisotopic (exact) mass is 588 g/mol. The van der Waals surface area contributed by atoms with Crippen molar-refractivity contribution < 1.29 is 23.8 Å². The molecule has 40 heavy (non-hydrogen) atoms.